The predicted octanol–water partition coefficient (Wildman–Crippen LogP) is 4.66. The summed E-state index contributed by atoms with van der Waals surface area (Å²) in [5.74, 6) is 1.54. The van der Waals surface area contributed by atoms with Crippen molar-refractivity contribution in [1.82, 2.24) is 5.32 Å². The number of benzene rings is 1. The first-order valence-corrected chi connectivity index (χ1v) is 7.75. The second-order valence-corrected chi connectivity index (χ2v) is 6.95. The summed E-state index contributed by atoms with van der Waals surface area (Å²) in [6, 6.07) is 6.45. The van der Waals surface area contributed by atoms with E-state index >= 15 is 0 Å². The summed E-state index contributed by atoms with van der Waals surface area (Å²) in [6.45, 7) is 16.2. The third kappa shape index (κ3) is 5.54. The molecule has 0 fully saturated rings. The van der Waals surface area contributed by atoms with Gasteiger partial charge < -0.3 is 10.1 Å². The first kappa shape index (κ1) is 17.0. The van der Waals surface area contributed by atoms with E-state index < -0.39 is 0 Å². The van der Waals surface area contributed by atoms with Crippen LogP contribution in [-0.2, 0) is 0 Å². The number of nitrogens with one attached hydrogen (secondary N) is 1. The molecule has 2 nitrogen and oxygen atoms in total. The topological polar surface area (TPSA) is 21.3 Å². The van der Waals surface area contributed by atoms with Crippen LogP contribution in [0.5, 0.6) is 5.75 Å². The lowest BCUT2D eigenvalue weighted by Gasteiger charge is -2.25. The first-order valence-electron chi connectivity index (χ1n) is 7.75. The molecule has 0 radical (unpaired) electrons. The van der Waals surface area contributed by atoms with Crippen LogP contribution >= 0.6 is 0 Å². The molecule has 1 rings (SSSR count). The smallest absolute Gasteiger partial charge is 0.120 e. The summed E-state index contributed by atoms with van der Waals surface area (Å²) in [6.07, 6.45) is 1.23. The average molecular weight is 277 g/mol. The number of ether oxygens (including phenoxy) is 1. The molecule has 0 amide bonds. The van der Waals surface area contributed by atoms with Crippen LogP contribution in [0.4, 0.5) is 0 Å². The van der Waals surface area contributed by atoms with E-state index in [9.17, 15) is 0 Å². The van der Waals surface area contributed by atoms with Crippen LogP contribution in [0.3, 0.4) is 0 Å². The van der Waals surface area contributed by atoms with Gasteiger partial charge in [0.1, 0.15) is 11.9 Å². The number of hydrogen-bond donors (Lipinski definition) is 1. The molecule has 0 saturated heterocycles. The van der Waals surface area contributed by atoms with Crippen LogP contribution in [0, 0.1) is 6.92 Å². The van der Waals surface area contributed by atoms with Gasteiger partial charge in [0.25, 0.3) is 0 Å². The Kier molecular flexibility index (Phi) is 6.07. The average Bonchev–Trinajstić information content (AvgIpc) is 2.33. The Labute approximate surface area is 124 Å². The highest BCUT2D eigenvalue weighted by Gasteiger charge is 2.14. The molecule has 0 aliphatic rings. The quantitative estimate of drug-likeness (QED) is 0.816. The van der Waals surface area contributed by atoms with Gasteiger partial charge in [-0.1, -0.05) is 26.8 Å². The van der Waals surface area contributed by atoms with Crippen molar-refractivity contribution in [3.63, 3.8) is 0 Å². The Morgan fingerprint density at radius 2 is 1.85 bits per heavy atom. The molecular weight excluding hydrogens is 246 g/mol. The fraction of sp³-hybridized carbons (Fsp3) is 0.667. The molecule has 0 spiro atoms. The Morgan fingerprint density at radius 3 is 2.30 bits per heavy atom. The highest BCUT2D eigenvalue weighted by molar-refractivity contribution is 5.36. The molecule has 0 aliphatic carbocycles. The molecule has 2 heteroatoms. The molecule has 0 aliphatic heterocycles. The van der Waals surface area contributed by atoms with Gasteiger partial charge in [-0.2, -0.15) is 0 Å². The van der Waals surface area contributed by atoms with Gasteiger partial charge in [-0.15, -0.1) is 0 Å². The molecule has 1 N–H and O–H groups in total. The SMILES string of the molecule is CCC(CNC(C)(C)C)Oc1ccc(C(C)C)c(C)c1. The van der Waals surface area contributed by atoms with Gasteiger partial charge in [-0.05, 0) is 63.3 Å². The maximum Gasteiger partial charge on any atom is 0.120 e. The summed E-state index contributed by atoms with van der Waals surface area (Å²) in [7, 11) is 0. The first-order chi connectivity index (χ1) is 9.23. The van der Waals surface area contributed by atoms with E-state index in [4.69, 9.17) is 4.74 Å². The molecule has 1 unspecified atom stereocenters. The van der Waals surface area contributed by atoms with Crippen molar-refractivity contribution in [2.45, 2.75) is 72.4 Å². The highest BCUT2D eigenvalue weighted by Crippen LogP contribution is 2.24. The summed E-state index contributed by atoms with van der Waals surface area (Å²) in [5, 5.41) is 3.51. The molecule has 0 heterocycles. The maximum absolute atomic E-state index is 6.11. The Balaban J connectivity index is 2.68. The number of hydrogen-bond acceptors (Lipinski definition) is 2. The van der Waals surface area contributed by atoms with Crippen molar-refractivity contribution < 1.29 is 4.74 Å². The van der Waals surface area contributed by atoms with Gasteiger partial charge in [0.15, 0.2) is 0 Å². The molecule has 0 bridgehead atoms. The van der Waals surface area contributed by atoms with E-state index in [0.717, 1.165) is 18.7 Å². The van der Waals surface area contributed by atoms with Crippen LogP contribution in [0.15, 0.2) is 18.2 Å². The minimum absolute atomic E-state index is 0.133. The summed E-state index contributed by atoms with van der Waals surface area (Å²) in [4.78, 5) is 0. The normalized spacial score (nSPS) is 13.6. The van der Waals surface area contributed by atoms with E-state index in [2.05, 4.69) is 72.0 Å². The fourth-order valence-corrected chi connectivity index (χ4v) is 2.25. The molecule has 0 saturated carbocycles. The zero-order valence-corrected chi connectivity index (χ0v) is 14.2. The Morgan fingerprint density at radius 1 is 1.20 bits per heavy atom. The molecule has 1 aromatic carbocycles. The van der Waals surface area contributed by atoms with Gasteiger partial charge in [-0.3, -0.25) is 0 Å². The van der Waals surface area contributed by atoms with Gasteiger partial charge in [-0.25, -0.2) is 0 Å². The second kappa shape index (κ2) is 7.12. The minimum atomic E-state index is 0.133. The van der Waals surface area contributed by atoms with Crippen LogP contribution in [0.25, 0.3) is 0 Å². The van der Waals surface area contributed by atoms with E-state index in [1.54, 1.807) is 0 Å². The summed E-state index contributed by atoms with van der Waals surface area (Å²) in [5.41, 5.74) is 2.85. The van der Waals surface area contributed by atoms with E-state index in [1.807, 2.05) is 0 Å². The van der Waals surface area contributed by atoms with Gasteiger partial charge >= 0.3 is 0 Å². The molecule has 0 aromatic heterocycles. The van der Waals surface area contributed by atoms with Crippen LogP contribution < -0.4 is 10.1 Å². The molecule has 20 heavy (non-hydrogen) atoms. The lowest BCUT2D eigenvalue weighted by molar-refractivity contribution is 0.181. The third-order valence-corrected chi connectivity index (χ3v) is 3.48. The lowest BCUT2D eigenvalue weighted by Crippen LogP contribution is -2.42. The van der Waals surface area contributed by atoms with Crippen molar-refractivity contribution in [2.24, 2.45) is 0 Å². The zero-order chi connectivity index (χ0) is 15.3. The minimum Gasteiger partial charge on any atom is -0.489 e. The molecular formula is C18H31NO. The van der Waals surface area contributed by atoms with Crippen LogP contribution in [-0.4, -0.2) is 18.2 Å². The van der Waals surface area contributed by atoms with Crippen LogP contribution in [0.1, 0.15) is 65.0 Å². The summed E-state index contributed by atoms with van der Waals surface area (Å²) >= 11 is 0. The van der Waals surface area contributed by atoms with Gasteiger partial charge in [0.05, 0.1) is 0 Å². The zero-order valence-electron chi connectivity index (χ0n) is 14.2. The number of aryl methyl sites for hydroxylation is 1. The lowest BCUT2D eigenvalue weighted by atomic mass is 9.98. The van der Waals surface area contributed by atoms with Gasteiger partial charge in [0, 0.05) is 12.1 Å². The van der Waals surface area contributed by atoms with Crippen LogP contribution in [0.2, 0.25) is 0 Å². The van der Waals surface area contributed by atoms with Crippen molar-refractivity contribution in [3.05, 3.63) is 29.3 Å². The second-order valence-electron chi connectivity index (χ2n) is 6.95. The van der Waals surface area contributed by atoms with Crippen molar-refractivity contribution in [1.29, 1.82) is 0 Å². The Bertz CT molecular complexity index is 418. The van der Waals surface area contributed by atoms with E-state index in [-0.39, 0.29) is 11.6 Å². The maximum atomic E-state index is 6.11. The Hall–Kier alpha value is -1.02. The molecule has 114 valence electrons. The van der Waals surface area contributed by atoms with Gasteiger partial charge in [0.2, 0.25) is 0 Å². The standard InChI is InChI=1S/C18H31NO/c1-8-15(12-19-18(5,6)7)20-16-9-10-17(13(2)3)14(4)11-16/h9-11,13,15,19H,8,12H2,1-7H3. The van der Waals surface area contributed by atoms with E-state index in [1.165, 1.54) is 11.1 Å². The van der Waals surface area contributed by atoms with Crippen molar-refractivity contribution in [3.8, 4) is 5.75 Å². The third-order valence-electron chi connectivity index (χ3n) is 3.48. The van der Waals surface area contributed by atoms with Crippen molar-refractivity contribution in [2.75, 3.05) is 6.54 Å². The molecule has 1 aromatic rings. The number of rotatable bonds is 6. The molecule has 1 atom stereocenters. The highest BCUT2D eigenvalue weighted by atomic mass is 16.5. The predicted molar refractivity (Wildman–Crippen MR) is 87.7 cm³/mol. The monoisotopic (exact) mass is 277 g/mol. The van der Waals surface area contributed by atoms with E-state index in [0.29, 0.717) is 5.92 Å². The fourth-order valence-electron chi connectivity index (χ4n) is 2.25. The van der Waals surface area contributed by atoms with Crippen molar-refractivity contribution >= 4 is 0 Å². The summed E-state index contributed by atoms with van der Waals surface area (Å²) < 4.78 is 6.11. The largest absolute Gasteiger partial charge is 0.489 e.